The van der Waals surface area contributed by atoms with Gasteiger partial charge in [0.1, 0.15) is 5.82 Å². The van der Waals surface area contributed by atoms with Gasteiger partial charge in [-0.2, -0.15) is 11.8 Å². The molecule has 1 N–H and O–H groups in total. The Bertz CT molecular complexity index is 377. The van der Waals surface area contributed by atoms with Gasteiger partial charge in [-0.05, 0) is 67.3 Å². The maximum absolute atomic E-state index is 13.2. The Morgan fingerprint density at radius 2 is 2.16 bits per heavy atom. The van der Waals surface area contributed by atoms with Crippen LogP contribution in [0.25, 0.3) is 0 Å². The maximum Gasteiger partial charge on any atom is 0.123 e. The summed E-state index contributed by atoms with van der Waals surface area (Å²) < 4.78 is 13.2. The molecule has 19 heavy (non-hydrogen) atoms. The van der Waals surface area contributed by atoms with Gasteiger partial charge in [0.2, 0.25) is 0 Å². The Balaban J connectivity index is 1.91. The molecule has 0 aliphatic carbocycles. The van der Waals surface area contributed by atoms with Crippen LogP contribution < -0.4 is 5.32 Å². The van der Waals surface area contributed by atoms with Gasteiger partial charge in [0.25, 0.3) is 0 Å². The van der Waals surface area contributed by atoms with E-state index in [4.69, 9.17) is 0 Å². The van der Waals surface area contributed by atoms with Gasteiger partial charge in [0.05, 0.1) is 0 Å². The molecule has 3 heteroatoms. The lowest BCUT2D eigenvalue weighted by molar-refractivity contribution is 0.366. The Morgan fingerprint density at radius 1 is 1.37 bits per heavy atom. The van der Waals surface area contributed by atoms with Crippen molar-refractivity contribution in [1.29, 1.82) is 0 Å². The highest BCUT2D eigenvalue weighted by Gasteiger charge is 2.19. The van der Waals surface area contributed by atoms with Crippen molar-refractivity contribution in [3.63, 3.8) is 0 Å². The number of nitrogens with one attached hydrogen (secondary N) is 1. The molecule has 0 bridgehead atoms. The molecule has 1 aromatic rings. The summed E-state index contributed by atoms with van der Waals surface area (Å²) in [5.41, 5.74) is 1.11. The predicted molar refractivity (Wildman–Crippen MR) is 82.2 cm³/mol. The van der Waals surface area contributed by atoms with Crippen molar-refractivity contribution in [1.82, 2.24) is 5.32 Å². The summed E-state index contributed by atoms with van der Waals surface area (Å²) in [5.74, 6) is 3.34. The number of thioether (sulfide) groups is 1. The van der Waals surface area contributed by atoms with Crippen LogP contribution >= 0.6 is 11.8 Å². The Labute approximate surface area is 120 Å². The lowest BCUT2D eigenvalue weighted by Crippen LogP contribution is -2.33. The van der Waals surface area contributed by atoms with Crippen LogP contribution in [0.4, 0.5) is 4.39 Å². The first-order valence-corrected chi connectivity index (χ1v) is 8.49. The van der Waals surface area contributed by atoms with Crippen molar-refractivity contribution in [3.05, 3.63) is 35.6 Å². The van der Waals surface area contributed by atoms with Gasteiger partial charge >= 0.3 is 0 Å². The van der Waals surface area contributed by atoms with Crippen molar-refractivity contribution in [3.8, 4) is 0 Å². The van der Waals surface area contributed by atoms with Crippen LogP contribution in [0.15, 0.2) is 24.3 Å². The molecule has 1 atom stereocenters. The van der Waals surface area contributed by atoms with E-state index in [-0.39, 0.29) is 5.82 Å². The number of likely N-dealkylation sites (N-methyl/N-ethyl adjacent to an activating group) is 1. The minimum Gasteiger partial charge on any atom is -0.314 e. The van der Waals surface area contributed by atoms with Crippen molar-refractivity contribution in [2.75, 3.05) is 18.1 Å². The smallest absolute Gasteiger partial charge is 0.123 e. The first-order chi connectivity index (χ1) is 9.28. The molecule has 0 aromatic heterocycles. The normalized spacial score (nSPS) is 18.4. The molecule has 0 spiro atoms. The lowest BCUT2D eigenvalue weighted by Gasteiger charge is -2.27. The largest absolute Gasteiger partial charge is 0.314 e. The van der Waals surface area contributed by atoms with Crippen LogP contribution in [-0.2, 0) is 6.42 Å². The van der Waals surface area contributed by atoms with Gasteiger partial charge in [0.15, 0.2) is 0 Å². The molecule has 1 aliphatic heterocycles. The third-order valence-electron chi connectivity index (χ3n) is 3.82. The van der Waals surface area contributed by atoms with E-state index in [0.29, 0.717) is 6.04 Å². The van der Waals surface area contributed by atoms with E-state index in [1.54, 1.807) is 6.07 Å². The van der Waals surface area contributed by atoms with Crippen LogP contribution in [0.5, 0.6) is 0 Å². The van der Waals surface area contributed by atoms with Crippen molar-refractivity contribution in [2.45, 2.75) is 38.6 Å². The summed E-state index contributed by atoms with van der Waals surface area (Å²) in [6, 6.07) is 7.51. The number of benzene rings is 1. The van der Waals surface area contributed by atoms with E-state index in [2.05, 4.69) is 24.0 Å². The van der Waals surface area contributed by atoms with E-state index in [1.807, 2.05) is 12.1 Å². The molecule has 106 valence electrons. The summed E-state index contributed by atoms with van der Waals surface area (Å²) in [6.45, 7) is 3.14. The van der Waals surface area contributed by atoms with Crippen LogP contribution in [0, 0.1) is 11.7 Å². The first kappa shape index (κ1) is 14.9. The summed E-state index contributed by atoms with van der Waals surface area (Å²) in [7, 11) is 0. The predicted octanol–water partition coefficient (Wildman–Crippen LogP) is 3.88. The number of rotatable bonds is 6. The van der Waals surface area contributed by atoms with E-state index in [9.17, 15) is 4.39 Å². The third kappa shape index (κ3) is 5.15. The number of hydrogen-bond donors (Lipinski definition) is 1. The van der Waals surface area contributed by atoms with E-state index >= 15 is 0 Å². The minimum atomic E-state index is -0.123. The highest BCUT2D eigenvalue weighted by Crippen LogP contribution is 2.27. The van der Waals surface area contributed by atoms with Gasteiger partial charge in [-0.15, -0.1) is 0 Å². The molecular weight excluding hydrogens is 257 g/mol. The average molecular weight is 281 g/mol. The molecule has 1 saturated heterocycles. The van der Waals surface area contributed by atoms with Crippen LogP contribution in [0.1, 0.15) is 31.7 Å². The molecular formula is C16H24FNS. The second-order valence-corrected chi connectivity index (χ2v) is 6.60. The quantitative estimate of drug-likeness (QED) is 0.849. The third-order valence-corrected chi connectivity index (χ3v) is 4.87. The fourth-order valence-corrected chi connectivity index (χ4v) is 4.06. The molecule has 1 nitrogen and oxygen atoms in total. The summed E-state index contributed by atoms with van der Waals surface area (Å²) in [5, 5.41) is 3.57. The first-order valence-electron chi connectivity index (χ1n) is 7.33. The second-order valence-electron chi connectivity index (χ2n) is 5.38. The molecule has 0 amide bonds. The van der Waals surface area contributed by atoms with Crippen LogP contribution in [0.2, 0.25) is 0 Å². The number of hydrogen-bond acceptors (Lipinski definition) is 2. The Kier molecular flexibility index (Phi) is 6.18. The molecule has 1 heterocycles. The monoisotopic (exact) mass is 281 g/mol. The van der Waals surface area contributed by atoms with Crippen molar-refractivity contribution >= 4 is 11.8 Å². The molecule has 1 aliphatic rings. The maximum atomic E-state index is 13.2. The highest BCUT2D eigenvalue weighted by atomic mass is 32.2. The van der Waals surface area contributed by atoms with Gasteiger partial charge in [-0.1, -0.05) is 19.1 Å². The standard InChI is InChI=1S/C16H24FNS/c1-2-18-16(11-13-6-8-19-9-7-13)12-14-4-3-5-15(17)10-14/h3-5,10,13,16,18H,2,6-9,11-12H2,1H3. The zero-order valence-corrected chi connectivity index (χ0v) is 12.5. The van der Waals surface area contributed by atoms with Crippen LogP contribution in [-0.4, -0.2) is 24.1 Å². The van der Waals surface area contributed by atoms with E-state index < -0.39 is 0 Å². The lowest BCUT2D eigenvalue weighted by atomic mass is 9.91. The second kappa shape index (κ2) is 7.91. The van der Waals surface area contributed by atoms with Gasteiger partial charge in [-0.3, -0.25) is 0 Å². The van der Waals surface area contributed by atoms with Crippen LogP contribution in [0.3, 0.4) is 0 Å². The van der Waals surface area contributed by atoms with Gasteiger partial charge < -0.3 is 5.32 Å². The SMILES string of the molecule is CCNC(Cc1cccc(F)c1)CC1CCSCC1. The molecule has 1 aromatic carbocycles. The zero-order valence-electron chi connectivity index (χ0n) is 11.7. The zero-order chi connectivity index (χ0) is 13.5. The molecule has 0 saturated carbocycles. The summed E-state index contributed by atoms with van der Waals surface area (Å²) in [4.78, 5) is 0. The van der Waals surface area contributed by atoms with Gasteiger partial charge in [0, 0.05) is 6.04 Å². The summed E-state index contributed by atoms with van der Waals surface area (Å²) >= 11 is 2.08. The fraction of sp³-hybridized carbons (Fsp3) is 0.625. The molecule has 0 radical (unpaired) electrons. The fourth-order valence-electron chi connectivity index (χ4n) is 2.86. The Hall–Kier alpha value is -0.540. The van der Waals surface area contributed by atoms with Gasteiger partial charge in [-0.25, -0.2) is 4.39 Å². The van der Waals surface area contributed by atoms with Crippen molar-refractivity contribution < 1.29 is 4.39 Å². The minimum absolute atomic E-state index is 0.123. The molecule has 2 rings (SSSR count). The average Bonchev–Trinajstić information content (AvgIpc) is 2.40. The number of halogens is 1. The highest BCUT2D eigenvalue weighted by molar-refractivity contribution is 7.99. The topological polar surface area (TPSA) is 12.0 Å². The van der Waals surface area contributed by atoms with Crippen molar-refractivity contribution in [2.24, 2.45) is 5.92 Å². The molecule has 1 fully saturated rings. The van der Waals surface area contributed by atoms with E-state index in [0.717, 1.165) is 24.4 Å². The Morgan fingerprint density at radius 3 is 2.84 bits per heavy atom. The molecule has 1 unspecified atom stereocenters. The van der Waals surface area contributed by atoms with E-state index in [1.165, 1.54) is 36.8 Å². The summed E-state index contributed by atoms with van der Waals surface area (Å²) in [6.07, 6.45) is 4.85.